The molecule has 0 bridgehead atoms. The second-order valence-electron chi connectivity index (χ2n) is 3.83. The van der Waals surface area contributed by atoms with Crippen LogP contribution in [0.2, 0.25) is 0 Å². The molecule has 3 nitrogen and oxygen atoms in total. The third kappa shape index (κ3) is 2.55. The van der Waals surface area contributed by atoms with Crippen LogP contribution in [0.15, 0.2) is 28.7 Å². The summed E-state index contributed by atoms with van der Waals surface area (Å²) in [5.41, 5.74) is 0. The van der Waals surface area contributed by atoms with Crippen LogP contribution in [0.5, 0.6) is 5.75 Å². The van der Waals surface area contributed by atoms with Gasteiger partial charge in [-0.1, -0.05) is 12.1 Å². The number of esters is 1. The molecular weight excluding hydrogens is 272 g/mol. The van der Waals surface area contributed by atoms with Crippen LogP contribution < -0.4 is 4.74 Å². The van der Waals surface area contributed by atoms with E-state index in [9.17, 15) is 4.79 Å². The number of methoxy groups -OCH3 is 1. The third-order valence-electron chi connectivity index (χ3n) is 2.57. The first kappa shape index (κ1) is 11.5. The van der Waals surface area contributed by atoms with Gasteiger partial charge in [0, 0.05) is 5.92 Å². The van der Waals surface area contributed by atoms with Crippen molar-refractivity contribution in [1.29, 1.82) is 0 Å². The Morgan fingerprint density at radius 2 is 2.12 bits per heavy atom. The van der Waals surface area contributed by atoms with Crippen LogP contribution in [0.3, 0.4) is 0 Å². The highest BCUT2D eigenvalue weighted by atomic mass is 79.9. The van der Waals surface area contributed by atoms with Gasteiger partial charge in [0.2, 0.25) is 0 Å². The van der Waals surface area contributed by atoms with Crippen LogP contribution in [-0.2, 0) is 9.53 Å². The lowest BCUT2D eigenvalue weighted by Gasteiger charge is -2.17. The zero-order chi connectivity index (χ0) is 11.5. The zero-order valence-electron chi connectivity index (χ0n) is 8.98. The van der Waals surface area contributed by atoms with Gasteiger partial charge in [0.1, 0.15) is 5.75 Å². The second-order valence-corrected chi connectivity index (χ2v) is 4.68. The van der Waals surface area contributed by atoms with Gasteiger partial charge >= 0.3 is 5.97 Å². The molecule has 0 heterocycles. The lowest BCUT2D eigenvalue weighted by molar-refractivity contribution is -0.149. The molecule has 0 spiro atoms. The van der Waals surface area contributed by atoms with Gasteiger partial charge in [0.25, 0.3) is 0 Å². The predicted molar refractivity (Wildman–Crippen MR) is 63.3 cm³/mol. The fourth-order valence-corrected chi connectivity index (χ4v) is 1.91. The van der Waals surface area contributed by atoms with Crippen molar-refractivity contribution in [2.45, 2.75) is 18.9 Å². The molecule has 0 aromatic heterocycles. The lowest BCUT2D eigenvalue weighted by atomic mass is 10.2. The maximum Gasteiger partial charge on any atom is 0.347 e. The molecular formula is C12H13BrO3. The Morgan fingerprint density at radius 1 is 1.44 bits per heavy atom. The van der Waals surface area contributed by atoms with Crippen molar-refractivity contribution in [3.05, 3.63) is 28.7 Å². The fourth-order valence-electron chi connectivity index (χ4n) is 1.53. The summed E-state index contributed by atoms with van der Waals surface area (Å²) >= 11 is 3.39. The van der Waals surface area contributed by atoms with E-state index in [0.717, 1.165) is 17.3 Å². The number of ether oxygens (including phenoxy) is 2. The minimum atomic E-state index is -0.469. The van der Waals surface area contributed by atoms with Crippen molar-refractivity contribution in [1.82, 2.24) is 0 Å². The van der Waals surface area contributed by atoms with Crippen molar-refractivity contribution >= 4 is 21.9 Å². The molecule has 1 aromatic carbocycles. The maximum absolute atomic E-state index is 11.5. The molecule has 0 saturated heterocycles. The van der Waals surface area contributed by atoms with Gasteiger partial charge in [0.05, 0.1) is 11.6 Å². The smallest absolute Gasteiger partial charge is 0.347 e. The number of halogens is 1. The van der Waals surface area contributed by atoms with Crippen molar-refractivity contribution in [3.63, 3.8) is 0 Å². The van der Waals surface area contributed by atoms with Crippen LogP contribution in [0.4, 0.5) is 0 Å². The summed E-state index contributed by atoms with van der Waals surface area (Å²) in [6, 6.07) is 7.50. The first-order valence-electron chi connectivity index (χ1n) is 5.21. The van der Waals surface area contributed by atoms with Gasteiger partial charge in [-0.2, -0.15) is 0 Å². The van der Waals surface area contributed by atoms with Gasteiger partial charge in [-0.25, -0.2) is 4.79 Å². The lowest BCUT2D eigenvalue weighted by Crippen LogP contribution is -2.30. The van der Waals surface area contributed by atoms with E-state index >= 15 is 0 Å². The molecule has 1 aliphatic rings. The quantitative estimate of drug-likeness (QED) is 0.798. The molecule has 1 unspecified atom stereocenters. The van der Waals surface area contributed by atoms with E-state index < -0.39 is 6.10 Å². The van der Waals surface area contributed by atoms with Gasteiger partial charge < -0.3 is 9.47 Å². The molecule has 0 radical (unpaired) electrons. The molecule has 1 fully saturated rings. The average Bonchev–Trinajstić information content (AvgIpc) is 3.11. The summed E-state index contributed by atoms with van der Waals surface area (Å²) in [7, 11) is 1.39. The summed E-state index contributed by atoms with van der Waals surface area (Å²) in [6.45, 7) is 0. The van der Waals surface area contributed by atoms with Crippen LogP contribution in [0, 0.1) is 5.92 Å². The van der Waals surface area contributed by atoms with Gasteiger partial charge in [0.15, 0.2) is 6.10 Å². The number of hydrogen-bond donors (Lipinski definition) is 0. The van der Waals surface area contributed by atoms with E-state index in [1.807, 2.05) is 24.3 Å². The molecule has 2 rings (SSSR count). The Balaban J connectivity index is 2.11. The van der Waals surface area contributed by atoms with E-state index in [2.05, 4.69) is 15.9 Å². The molecule has 0 aliphatic heterocycles. The Morgan fingerprint density at radius 3 is 2.69 bits per heavy atom. The number of benzene rings is 1. The van der Waals surface area contributed by atoms with E-state index in [0.29, 0.717) is 11.7 Å². The molecule has 16 heavy (non-hydrogen) atoms. The van der Waals surface area contributed by atoms with Crippen molar-refractivity contribution in [2.24, 2.45) is 5.92 Å². The molecule has 1 atom stereocenters. The summed E-state index contributed by atoms with van der Waals surface area (Å²) in [4.78, 5) is 11.5. The molecule has 1 aliphatic carbocycles. The number of carbonyl (C=O) groups is 1. The van der Waals surface area contributed by atoms with E-state index in [1.165, 1.54) is 7.11 Å². The van der Waals surface area contributed by atoms with E-state index in [4.69, 9.17) is 9.47 Å². The van der Waals surface area contributed by atoms with Crippen LogP contribution >= 0.6 is 15.9 Å². The largest absolute Gasteiger partial charge is 0.477 e. The van der Waals surface area contributed by atoms with Gasteiger partial charge in [-0.3, -0.25) is 0 Å². The first-order chi connectivity index (χ1) is 7.72. The minimum Gasteiger partial charge on any atom is -0.477 e. The molecule has 4 heteroatoms. The van der Waals surface area contributed by atoms with Crippen molar-refractivity contribution in [2.75, 3.05) is 7.11 Å². The van der Waals surface area contributed by atoms with Crippen LogP contribution in [0.25, 0.3) is 0 Å². The maximum atomic E-state index is 11.5. The highest BCUT2D eigenvalue weighted by Crippen LogP contribution is 2.36. The zero-order valence-corrected chi connectivity index (χ0v) is 10.6. The summed E-state index contributed by atoms with van der Waals surface area (Å²) in [5, 5.41) is 0. The molecule has 0 amide bonds. The monoisotopic (exact) mass is 284 g/mol. The van der Waals surface area contributed by atoms with E-state index in [1.54, 1.807) is 0 Å². The average molecular weight is 285 g/mol. The SMILES string of the molecule is COC(=O)C(Oc1ccccc1Br)C1CC1. The Kier molecular flexibility index (Phi) is 3.49. The van der Waals surface area contributed by atoms with Gasteiger partial charge in [-0.05, 0) is 40.9 Å². The number of para-hydroxylation sites is 1. The topological polar surface area (TPSA) is 35.5 Å². The minimum absolute atomic E-state index is 0.293. The molecule has 1 saturated carbocycles. The fraction of sp³-hybridized carbons (Fsp3) is 0.417. The first-order valence-corrected chi connectivity index (χ1v) is 6.00. The van der Waals surface area contributed by atoms with Crippen molar-refractivity contribution < 1.29 is 14.3 Å². The van der Waals surface area contributed by atoms with E-state index in [-0.39, 0.29) is 5.97 Å². The summed E-state index contributed by atoms with van der Waals surface area (Å²) in [6.07, 6.45) is 1.60. The molecule has 0 N–H and O–H groups in total. The second kappa shape index (κ2) is 4.87. The Bertz CT molecular complexity index is 388. The van der Waals surface area contributed by atoms with Crippen LogP contribution in [0.1, 0.15) is 12.8 Å². The highest BCUT2D eigenvalue weighted by molar-refractivity contribution is 9.10. The number of carbonyl (C=O) groups excluding carboxylic acids is 1. The number of hydrogen-bond acceptors (Lipinski definition) is 3. The highest BCUT2D eigenvalue weighted by Gasteiger charge is 2.39. The Labute approximate surface area is 103 Å². The van der Waals surface area contributed by atoms with Crippen molar-refractivity contribution in [3.8, 4) is 5.75 Å². The number of rotatable bonds is 4. The normalized spacial score (nSPS) is 16.6. The summed E-state index contributed by atoms with van der Waals surface area (Å²) in [5.74, 6) is 0.697. The van der Waals surface area contributed by atoms with Gasteiger partial charge in [-0.15, -0.1) is 0 Å². The molecule has 86 valence electrons. The molecule has 1 aromatic rings. The van der Waals surface area contributed by atoms with Crippen LogP contribution in [-0.4, -0.2) is 19.2 Å². The standard InChI is InChI=1S/C12H13BrO3/c1-15-12(14)11(8-6-7-8)16-10-5-3-2-4-9(10)13/h2-5,8,11H,6-7H2,1H3. The summed E-state index contributed by atoms with van der Waals surface area (Å²) < 4.78 is 11.3. The third-order valence-corrected chi connectivity index (χ3v) is 3.23. The predicted octanol–water partition coefficient (Wildman–Crippen LogP) is 2.78. The Hall–Kier alpha value is -1.03.